The van der Waals surface area contributed by atoms with Gasteiger partial charge in [0, 0.05) is 18.2 Å². The van der Waals surface area contributed by atoms with E-state index in [1.165, 1.54) is 0 Å². The van der Waals surface area contributed by atoms with Gasteiger partial charge in [-0.1, -0.05) is 37.3 Å². The van der Waals surface area contributed by atoms with E-state index in [-0.39, 0.29) is 11.9 Å². The number of benzene rings is 1. The Bertz CT molecular complexity index is 608. The summed E-state index contributed by atoms with van der Waals surface area (Å²) in [6.45, 7) is 4.03. The third kappa shape index (κ3) is 2.97. The molecule has 3 N–H and O–H groups in total. The number of hydrogen-bond donors (Lipinski definition) is 3. The summed E-state index contributed by atoms with van der Waals surface area (Å²) < 4.78 is 0. The van der Waals surface area contributed by atoms with Gasteiger partial charge in [-0.25, -0.2) is 0 Å². The number of nitrogens with one attached hydrogen (secondary N) is 3. The third-order valence-corrected chi connectivity index (χ3v) is 4.09. The SMILES string of the molecule is CC1CCNCC1NC(=O)c1cn[nH]c1-c1ccccc1. The lowest BCUT2D eigenvalue weighted by Gasteiger charge is -2.30. The summed E-state index contributed by atoms with van der Waals surface area (Å²) in [6, 6.07) is 9.96. The number of carbonyl (C=O) groups excluding carboxylic acids is 1. The second kappa shape index (κ2) is 6.10. The molecule has 1 aliphatic rings. The molecule has 2 unspecified atom stereocenters. The fraction of sp³-hybridized carbons (Fsp3) is 0.375. The number of H-pyrrole nitrogens is 1. The van der Waals surface area contributed by atoms with Crippen LogP contribution in [0.2, 0.25) is 0 Å². The lowest BCUT2D eigenvalue weighted by atomic mass is 9.94. The van der Waals surface area contributed by atoms with E-state index in [1.807, 2.05) is 30.3 Å². The van der Waals surface area contributed by atoms with E-state index in [0.717, 1.165) is 30.8 Å². The van der Waals surface area contributed by atoms with Crippen LogP contribution in [0.4, 0.5) is 0 Å². The minimum Gasteiger partial charge on any atom is -0.348 e. The summed E-state index contributed by atoms with van der Waals surface area (Å²) in [7, 11) is 0. The molecule has 0 saturated carbocycles. The molecule has 5 nitrogen and oxygen atoms in total. The monoisotopic (exact) mass is 284 g/mol. The molecule has 1 amide bonds. The predicted octanol–water partition coefficient (Wildman–Crippen LogP) is 1.80. The number of piperidine rings is 1. The van der Waals surface area contributed by atoms with Crippen LogP contribution in [0.3, 0.4) is 0 Å². The van der Waals surface area contributed by atoms with Crippen LogP contribution < -0.4 is 10.6 Å². The van der Waals surface area contributed by atoms with Crippen molar-refractivity contribution in [1.82, 2.24) is 20.8 Å². The number of aromatic amines is 1. The largest absolute Gasteiger partial charge is 0.348 e. The predicted molar refractivity (Wildman–Crippen MR) is 81.9 cm³/mol. The van der Waals surface area contributed by atoms with Gasteiger partial charge in [-0.2, -0.15) is 5.10 Å². The molecule has 110 valence electrons. The summed E-state index contributed by atoms with van der Waals surface area (Å²) in [5.74, 6) is 0.422. The topological polar surface area (TPSA) is 69.8 Å². The molecule has 1 saturated heterocycles. The summed E-state index contributed by atoms with van der Waals surface area (Å²) in [4.78, 5) is 12.5. The van der Waals surface area contributed by atoms with E-state index in [9.17, 15) is 4.79 Å². The number of hydrogen-bond acceptors (Lipinski definition) is 3. The van der Waals surface area contributed by atoms with Crippen LogP contribution in [0, 0.1) is 5.92 Å². The standard InChI is InChI=1S/C16H20N4O/c1-11-7-8-17-10-14(11)19-16(21)13-9-18-20-15(13)12-5-3-2-4-6-12/h2-6,9,11,14,17H,7-8,10H2,1H3,(H,18,20)(H,19,21). The summed E-state index contributed by atoms with van der Waals surface area (Å²) in [5, 5.41) is 13.4. The Morgan fingerprint density at radius 3 is 2.90 bits per heavy atom. The van der Waals surface area contributed by atoms with E-state index >= 15 is 0 Å². The van der Waals surface area contributed by atoms with Gasteiger partial charge in [0.05, 0.1) is 17.5 Å². The van der Waals surface area contributed by atoms with Gasteiger partial charge in [0.2, 0.25) is 0 Å². The molecule has 0 radical (unpaired) electrons. The van der Waals surface area contributed by atoms with Crippen molar-refractivity contribution in [3.8, 4) is 11.3 Å². The molecule has 2 aromatic rings. The van der Waals surface area contributed by atoms with Gasteiger partial charge in [0.1, 0.15) is 0 Å². The highest BCUT2D eigenvalue weighted by Gasteiger charge is 2.24. The van der Waals surface area contributed by atoms with E-state index in [2.05, 4.69) is 27.8 Å². The van der Waals surface area contributed by atoms with Crippen LogP contribution in [0.25, 0.3) is 11.3 Å². The quantitative estimate of drug-likeness (QED) is 0.805. The average Bonchev–Trinajstić information content (AvgIpc) is 3.00. The lowest BCUT2D eigenvalue weighted by molar-refractivity contribution is 0.0916. The van der Waals surface area contributed by atoms with Crippen LogP contribution in [-0.4, -0.2) is 35.2 Å². The Balaban J connectivity index is 1.78. The van der Waals surface area contributed by atoms with E-state index in [1.54, 1.807) is 6.20 Å². The first kappa shape index (κ1) is 13.8. The molecule has 0 bridgehead atoms. The van der Waals surface area contributed by atoms with Gasteiger partial charge in [0.15, 0.2) is 0 Å². The van der Waals surface area contributed by atoms with Crippen LogP contribution >= 0.6 is 0 Å². The molecule has 1 fully saturated rings. The van der Waals surface area contributed by atoms with Crippen molar-refractivity contribution in [2.24, 2.45) is 5.92 Å². The van der Waals surface area contributed by atoms with Crippen LogP contribution in [0.1, 0.15) is 23.7 Å². The maximum absolute atomic E-state index is 12.5. The van der Waals surface area contributed by atoms with Gasteiger partial charge in [-0.3, -0.25) is 9.89 Å². The normalized spacial score (nSPS) is 22.0. The second-order valence-corrected chi connectivity index (χ2v) is 5.57. The van der Waals surface area contributed by atoms with Gasteiger partial charge in [0.25, 0.3) is 5.91 Å². The van der Waals surface area contributed by atoms with Gasteiger partial charge in [-0.15, -0.1) is 0 Å². The fourth-order valence-electron chi connectivity index (χ4n) is 2.71. The van der Waals surface area contributed by atoms with Crippen molar-refractivity contribution in [1.29, 1.82) is 0 Å². The van der Waals surface area contributed by atoms with Gasteiger partial charge >= 0.3 is 0 Å². The van der Waals surface area contributed by atoms with E-state index in [0.29, 0.717) is 11.5 Å². The van der Waals surface area contributed by atoms with Crippen molar-refractivity contribution in [2.75, 3.05) is 13.1 Å². The first-order valence-electron chi connectivity index (χ1n) is 7.36. The Morgan fingerprint density at radius 1 is 1.33 bits per heavy atom. The Hall–Kier alpha value is -2.14. The van der Waals surface area contributed by atoms with Crippen LogP contribution in [0.5, 0.6) is 0 Å². The molecule has 2 atom stereocenters. The summed E-state index contributed by atoms with van der Waals surface area (Å²) >= 11 is 0. The van der Waals surface area contributed by atoms with Gasteiger partial charge < -0.3 is 10.6 Å². The lowest BCUT2D eigenvalue weighted by Crippen LogP contribution is -2.50. The molecule has 3 rings (SSSR count). The molecule has 5 heteroatoms. The number of rotatable bonds is 3. The smallest absolute Gasteiger partial charge is 0.255 e. The first-order chi connectivity index (χ1) is 10.3. The molecule has 0 spiro atoms. The highest BCUT2D eigenvalue weighted by molar-refractivity contribution is 5.99. The Labute approximate surface area is 124 Å². The summed E-state index contributed by atoms with van der Waals surface area (Å²) in [6.07, 6.45) is 2.68. The van der Waals surface area contributed by atoms with Crippen molar-refractivity contribution < 1.29 is 4.79 Å². The van der Waals surface area contributed by atoms with Crippen molar-refractivity contribution in [2.45, 2.75) is 19.4 Å². The third-order valence-electron chi connectivity index (χ3n) is 4.09. The molecule has 0 aliphatic carbocycles. The number of aromatic nitrogens is 2. The maximum Gasteiger partial charge on any atom is 0.255 e. The second-order valence-electron chi connectivity index (χ2n) is 5.57. The molecule has 1 aromatic carbocycles. The fourth-order valence-corrected chi connectivity index (χ4v) is 2.71. The highest BCUT2D eigenvalue weighted by Crippen LogP contribution is 2.21. The van der Waals surface area contributed by atoms with E-state index < -0.39 is 0 Å². The minimum absolute atomic E-state index is 0.0665. The number of carbonyl (C=O) groups is 1. The first-order valence-corrected chi connectivity index (χ1v) is 7.36. The minimum atomic E-state index is -0.0665. The zero-order valence-electron chi connectivity index (χ0n) is 12.1. The zero-order valence-corrected chi connectivity index (χ0v) is 12.1. The van der Waals surface area contributed by atoms with Crippen LogP contribution in [-0.2, 0) is 0 Å². The molecule has 1 aromatic heterocycles. The highest BCUT2D eigenvalue weighted by atomic mass is 16.1. The van der Waals surface area contributed by atoms with Crippen molar-refractivity contribution >= 4 is 5.91 Å². The Morgan fingerprint density at radius 2 is 2.14 bits per heavy atom. The molecule has 21 heavy (non-hydrogen) atoms. The van der Waals surface area contributed by atoms with Crippen molar-refractivity contribution in [3.63, 3.8) is 0 Å². The average molecular weight is 284 g/mol. The molecule has 2 heterocycles. The number of nitrogens with zero attached hydrogens (tertiary/aromatic N) is 1. The molecular weight excluding hydrogens is 264 g/mol. The van der Waals surface area contributed by atoms with E-state index in [4.69, 9.17) is 0 Å². The van der Waals surface area contributed by atoms with Crippen LogP contribution in [0.15, 0.2) is 36.5 Å². The molecular formula is C16H20N4O. The number of amides is 1. The Kier molecular flexibility index (Phi) is 4.01. The summed E-state index contributed by atoms with van der Waals surface area (Å²) in [5.41, 5.74) is 2.33. The zero-order chi connectivity index (χ0) is 14.7. The maximum atomic E-state index is 12.5. The van der Waals surface area contributed by atoms with Gasteiger partial charge in [-0.05, 0) is 18.9 Å². The van der Waals surface area contributed by atoms with Crippen molar-refractivity contribution in [3.05, 3.63) is 42.1 Å². The molecule has 1 aliphatic heterocycles.